The number of nitrogens with two attached hydrogens (primary N) is 1. The van der Waals surface area contributed by atoms with E-state index < -0.39 is 0 Å². The Labute approximate surface area is 116 Å². The molecular weight excluding hydrogens is 258 g/mol. The SMILES string of the molecule is CC1(CN)CCCN(c2n[nH]c(-c3ccsc3)n2)C1. The topological polar surface area (TPSA) is 70.8 Å². The van der Waals surface area contributed by atoms with E-state index in [0.717, 1.165) is 36.8 Å². The molecule has 0 aromatic carbocycles. The molecule has 0 amide bonds. The van der Waals surface area contributed by atoms with Crippen molar-refractivity contribution >= 4 is 17.3 Å². The van der Waals surface area contributed by atoms with Crippen LogP contribution in [0.25, 0.3) is 11.4 Å². The van der Waals surface area contributed by atoms with Crippen LogP contribution in [0.4, 0.5) is 5.95 Å². The van der Waals surface area contributed by atoms with Gasteiger partial charge in [0.2, 0.25) is 5.95 Å². The number of hydrogen-bond donors (Lipinski definition) is 2. The number of hydrogen-bond acceptors (Lipinski definition) is 5. The predicted molar refractivity (Wildman–Crippen MR) is 78.3 cm³/mol. The third-order valence-electron chi connectivity index (χ3n) is 3.82. The van der Waals surface area contributed by atoms with E-state index in [1.165, 1.54) is 6.42 Å². The minimum Gasteiger partial charge on any atom is -0.339 e. The molecular formula is C13H19N5S. The van der Waals surface area contributed by atoms with Gasteiger partial charge in [-0.1, -0.05) is 6.92 Å². The number of aromatic nitrogens is 3. The summed E-state index contributed by atoms with van der Waals surface area (Å²) in [4.78, 5) is 6.84. The fourth-order valence-corrected chi connectivity index (χ4v) is 3.22. The van der Waals surface area contributed by atoms with Crippen LogP contribution < -0.4 is 10.6 Å². The molecule has 2 aromatic rings. The van der Waals surface area contributed by atoms with Crippen LogP contribution in [0.3, 0.4) is 0 Å². The van der Waals surface area contributed by atoms with Crippen molar-refractivity contribution in [2.75, 3.05) is 24.5 Å². The third-order valence-corrected chi connectivity index (χ3v) is 4.51. The fourth-order valence-electron chi connectivity index (χ4n) is 2.58. The van der Waals surface area contributed by atoms with Crippen LogP contribution >= 0.6 is 11.3 Å². The van der Waals surface area contributed by atoms with Crippen molar-refractivity contribution in [2.45, 2.75) is 19.8 Å². The molecule has 6 heteroatoms. The first-order valence-corrected chi connectivity index (χ1v) is 7.54. The summed E-state index contributed by atoms with van der Waals surface area (Å²) in [5.41, 5.74) is 7.17. The first-order chi connectivity index (χ1) is 9.20. The first-order valence-electron chi connectivity index (χ1n) is 6.60. The summed E-state index contributed by atoms with van der Waals surface area (Å²) in [6, 6.07) is 2.05. The first kappa shape index (κ1) is 12.6. The van der Waals surface area contributed by atoms with Crippen LogP contribution in [0.1, 0.15) is 19.8 Å². The second-order valence-corrected chi connectivity index (χ2v) is 6.32. The lowest BCUT2D eigenvalue weighted by atomic mass is 9.82. The van der Waals surface area contributed by atoms with Crippen LogP contribution in [0.5, 0.6) is 0 Å². The van der Waals surface area contributed by atoms with Crippen molar-refractivity contribution in [3.05, 3.63) is 16.8 Å². The largest absolute Gasteiger partial charge is 0.339 e. The zero-order chi connectivity index (χ0) is 13.3. The lowest BCUT2D eigenvalue weighted by Crippen LogP contribution is -2.46. The van der Waals surface area contributed by atoms with E-state index >= 15 is 0 Å². The molecule has 0 bridgehead atoms. The van der Waals surface area contributed by atoms with Crippen LogP contribution in [0.15, 0.2) is 16.8 Å². The van der Waals surface area contributed by atoms with Crippen molar-refractivity contribution in [3.63, 3.8) is 0 Å². The van der Waals surface area contributed by atoms with E-state index in [2.05, 4.69) is 38.5 Å². The molecule has 3 rings (SSSR count). The molecule has 1 aliphatic rings. The molecule has 0 spiro atoms. The molecule has 102 valence electrons. The number of anilines is 1. The summed E-state index contributed by atoms with van der Waals surface area (Å²) >= 11 is 1.66. The van der Waals surface area contributed by atoms with Gasteiger partial charge in [0.1, 0.15) is 0 Å². The maximum absolute atomic E-state index is 5.89. The van der Waals surface area contributed by atoms with E-state index in [0.29, 0.717) is 6.54 Å². The Morgan fingerprint density at radius 3 is 3.21 bits per heavy atom. The number of H-pyrrole nitrogens is 1. The molecule has 1 aliphatic heterocycles. The normalized spacial score (nSPS) is 23.8. The molecule has 0 aliphatic carbocycles. The molecule has 1 saturated heterocycles. The van der Waals surface area contributed by atoms with Crippen molar-refractivity contribution in [1.82, 2.24) is 15.2 Å². The number of rotatable bonds is 3. The van der Waals surface area contributed by atoms with E-state index in [4.69, 9.17) is 5.73 Å². The summed E-state index contributed by atoms with van der Waals surface area (Å²) in [5.74, 6) is 1.64. The molecule has 1 atom stereocenters. The van der Waals surface area contributed by atoms with E-state index in [1.54, 1.807) is 11.3 Å². The average Bonchev–Trinajstić information content (AvgIpc) is 3.09. The molecule has 1 unspecified atom stereocenters. The number of nitrogens with zero attached hydrogens (tertiary/aromatic N) is 3. The maximum atomic E-state index is 5.89. The summed E-state index contributed by atoms with van der Waals surface area (Å²) < 4.78 is 0. The van der Waals surface area contributed by atoms with Crippen molar-refractivity contribution in [3.8, 4) is 11.4 Å². The highest BCUT2D eigenvalue weighted by Crippen LogP contribution is 2.30. The number of thiophene rings is 1. The smallest absolute Gasteiger partial charge is 0.245 e. The monoisotopic (exact) mass is 277 g/mol. The Bertz CT molecular complexity index is 535. The molecule has 19 heavy (non-hydrogen) atoms. The van der Waals surface area contributed by atoms with Gasteiger partial charge in [0.25, 0.3) is 0 Å². The Morgan fingerprint density at radius 2 is 2.47 bits per heavy atom. The molecule has 3 N–H and O–H groups in total. The minimum absolute atomic E-state index is 0.182. The van der Waals surface area contributed by atoms with Gasteiger partial charge in [0, 0.05) is 24.0 Å². The molecule has 2 aromatic heterocycles. The summed E-state index contributed by atoms with van der Waals surface area (Å²) in [6.45, 7) is 4.90. The molecule has 5 nitrogen and oxygen atoms in total. The number of aromatic amines is 1. The van der Waals surface area contributed by atoms with Crippen LogP contribution in [0.2, 0.25) is 0 Å². The van der Waals surface area contributed by atoms with E-state index in [1.807, 2.05) is 5.38 Å². The van der Waals surface area contributed by atoms with Gasteiger partial charge in [-0.2, -0.15) is 16.3 Å². The van der Waals surface area contributed by atoms with E-state index in [9.17, 15) is 0 Å². The van der Waals surface area contributed by atoms with Crippen LogP contribution in [0, 0.1) is 5.41 Å². The second kappa shape index (κ2) is 4.94. The van der Waals surface area contributed by atoms with Crippen molar-refractivity contribution in [1.29, 1.82) is 0 Å². The zero-order valence-corrected chi connectivity index (χ0v) is 11.9. The lowest BCUT2D eigenvalue weighted by molar-refractivity contribution is 0.270. The quantitative estimate of drug-likeness (QED) is 0.901. The zero-order valence-electron chi connectivity index (χ0n) is 11.1. The highest BCUT2D eigenvalue weighted by atomic mass is 32.1. The Balaban J connectivity index is 1.79. The molecule has 0 saturated carbocycles. The highest BCUT2D eigenvalue weighted by molar-refractivity contribution is 7.08. The third kappa shape index (κ3) is 2.50. The second-order valence-electron chi connectivity index (χ2n) is 5.54. The van der Waals surface area contributed by atoms with Gasteiger partial charge in [-0.15, -0.1) is 5.10 Å². The Hall–Kier alpha value is -1.40. The van der Waals surface area contributed by atoms with Crippen molar-refractivity contribution in [2.24, 2.45) is 11.1 Å². The van der Waals surface area contributed by atoms with Gasteiger partial charge in [-0.05, 0) is 36.2 Å². The fraction of sp³-hybridized carbons (Fsp3) is 0.538. The van der Waals surface area contributed by atoms with Gasteiger partial charge in [-0.3, -0.25) is 5.10 Å². The lowest BCUT2D eigenvalue weighted by Gasteiger charge is -2.39. The van der Waals surface area contributed by atoms with E-state index in [-0.39, 0.29) is 5.41 Å². The highest BCUT2D eigenvalue weighted by Gasteiger charge is 2.31. The standard InChI is InChI=1S/C13H19N5S/c1-13(8-14)4-2-5-18(9-13)12-15-11(16-17-12)10-3-6-19-7-10/h3,6-7H,2,4-5,8-9,14H2,1H3,(H,15,16,17). The van der Waals surface area contributed by atoms with Crippen LogP contribution in [-0.2, 0) is 0 Å². The Kier molecular flexibility index (Phi) is 3.28. The molecule has 0 radical (unpaired) electrons. The minimum atomic E-state index is 0.182. The molecule has 1 fully saturated rings. The number of nitrogens with one attached hydrogen (secondary N) is 1. The van der Waals surface area contributed by atoms with Gasteiger partial charge >= 0.3 is 0 Å². The Morgan fingerprint density at radius 1 is 1.58 bits per heavy atom. The van der Waals surface area contributed by atoms with Gasteiger partial charge < -0.3 is 10.6 Å². The summed E-state index contributed by atoms with van der Waals surface area (Å²) in [5, 5.41) is 11.5. The predicted octanol–water partition coefficient (Wildman–Crippen LogP) is 2.10. The van der Waals surface area contributed by atoms with Crippen molar-refractivity contribution < 1.29 is 0 Å². The summed E-state index contributed by atoms with van der Waals surface area (Å²) in [6.07, 6.45) is 2.33. The van der Waals surface area contributed by atoms with Gasteiger partial charge in [0.05, 0.1) is 0 Å². The average molecular weight is 277 g/mol. The summed E-state index contributed by atoms with van der Waals surface area (Å²) in [7, 11) is 0. The molecule has 3 heterocycles. The van der Waals surface area contributed by atoms with Gasteiger partial charge in [0.15, 0.2) is 5.82 Å². The number of piperidine rings is 1. The van der Waals surface area contributed by atoms with Gasteiger partial charge in [-0.25, -0.2) is 0 Å². The maximum Gasteiger partial charge on any atom is 0.245 e. The van der Waals surface area contributed by atoms with Crippen LogP contribution in [-0.4, -0.2) is 34.8 Å².